The van der Waals surface area contributed by atoms with Gasteiger partial charge in [-0.1, -0.05) is 46.9 Å². The van der Waals surface area contributed by atoms with Crippen molar-refractivity contribution in [3.8, 4) is 6.07 Å². The molecular formula is C18H10Cl3N3O3. The molecule has 136 valence electrons. The van der Waals surface area contributed by atoms with Gasteiger partial charge >= 0.3 is 5.97 Å². The van der Waals surface area contributed by atoms with Gasteiger partial charge in [0.25, 0.3) is 0 Å². The summed E-state index contributed by atoms with van der Waals surface area (Å²) in [5.74, 6) is -1.20. The lowest BCUT2D eigenvalue weighted by molar-refractivity contribution is 0.0503. The lowest BCUT2D eigenvalue weighted by Crippen LogP contribution is -2.10. The van der Waals surface area contributed by atoms with E-state index in [2.05, 4.69) is 9.97 Å². The highest BCUT2D eigenvalue weighted by atomic mass is 35.5. The summed E-state index contributed by atoms with van der Waals surface area (Å²) in [4.78, 5) is 19.4. The Balaban J connectivity index is 1.85. The fraction of sp³-hybridized carbons (Fsp3) is 0.0556. The zero-order valence-corrected chi connectivity index (χ0v) is 15.7. The third kappa shape index (κ3) is 3.86. The standard InChI is InChI=1S/C18H10Cl3N3O3/c19-10-5-6-11(20)16(21)15(10)18(26)27-8-14(25)9(7-22)17-23-12-3-1-2-4-13(12)24-17/h1-6,25H,8H2,(H,23,24). The zero-order chi connectivity index (χ0) is 19.6. The molecule has 1 heterocycles. The van der Waals surface area contributed by atoms with E-state index in [9.17, 15) is 15.2 Å². The minimum absolute atomic E-state index is 0.0515. The van der Waals surface area contributed by atoms with Gasteiger partial charge in [0, 0.05) is 0 Å². The fourth-order valence-corrected chi connectivity index (χ4v) is 3.00. The number of para-hydroxylation sites is 2. The quantitative estimate of drug-likeness (QED) is 0.261. The van der Waals surface area contributed by atoms with Gasteiger partial charge in [-0.3, -0.25) is 0 Å². The number of carbonyl (C=O) groups is 1. The number of H-pyrrole nitrogens is 1. The Morgan fingerprint density at radius 1 is 1.19 bits per heavy atom. The number of rotatable bonds is 4. The second-order valence-corrected chi connectivity index (χ2v) is 6.52. The normalized spacial score (nSPS) is 11.8. The summed E-state index contributed by atoms with van der Waals surface area (Å²) in [6.07, 6.45) is 0. The van der Waals surface area contributed by atoms with Crippen LogP contribution in [-0.4, -0.2) is 27.7 Å². The topological polar surface area (TPSA) is 99.0 Å². The molecule has 3 aromatic rings. The van der Waals surface area contributed by atoms with Gasteiger partial charge in [-0.15, -0.1) is 0 Å². The number of halogens is 3. The van der Waals surface area contributed by atoms with Gasteiger partial charge in [-0.25, -0.2) is 9.78 Å². The average Bonchev–Trinajstić information content (AvgIpc) is 3.07. The molecule has 0 aliphatic rings. The second-order valence-electron chi connectivity index (χ2n) is 5.33. The van der Waals surface area contributed by atoms with Crippen LogP contribution in [0.5, 0.6) is 0 Å². The molecule has 0 saturated heterocycles. The maximum atomic E-state index is 12.2. The Morgan fingerprint density at radius 2 is 1.89 bits per heavy atom. The minimum Gasteiger partial charge on any atom is -0.507 e. The molecule has 3 rings (SSSR count). The molecule has 0 aliphatic heterocycles. The Hall–Kier alpha value is -2.72. The van der Waals surface area contributed by atoms with Crippen molar-refractivity contribution >= 4 is 57.4 Å². The number of aromatic nitrogens is 2. The highest BCUT2D eigenvalue weighted by molar-refractivity contribution is 6.46. The Kier molecular flexibility index (Phi) is 5.57. The molecule has 2 N–H and O–H groups in total. The van der Waals surface area contributed by atoms with Crippen LogP contribution >= 0.6 is 34.8 Å². The van der Waals surface area contributed by atoms with E-state index in [4.69, 9.17) is 39.5 Å². The van der Waals surface area contributed by atoms with E-state index in [1.165, 1.54) is 12.1 Å². The number of carbonyl (C=O) groups excluding carboxylic acids is 1. The summed E-state index contributed by atoms with van der Waals surface area (Å²) in [6.45, 7) is -0.571. The molecule has 0 fully saturated rings. The van der Waals surface area contributed by atoms with Crippen LogP contribution in [0.2, 0.25) is 15.1 Å². The number of benzene rings is 2. The number of allylic oxidation sites excluding steroid dienone is 1. The second kappa shape index (κ2) is 7.89. The molecule has 0 amide bonds. The third-order valence-electron chi connectivity index (χ3n) is 3.61. The van der Waals surface area contributed by atoms with Crippen LogP contribution in [0.1, 0.15) is 16.2 Å². The highest BCUT2D eigenvalue weighted by Crippen LogP contribution is 2.32. The number of ether oxygens (including phenoxy) is 1. The number of aliphatic hydroxyl groups is 1. The Bertz CT molecular complexity index is 1080. The smallest absolute Gasteiger partial charge is 0.341 e. The van der Waals surface area contributed by atoms with Crippen molar-refractivity contribution in [1.82, 2.24) is 9.97 Å². The monoisotopic (exact) mass is 421 g/mol. The molecule has 9 heteroatoms. The van der Waals surface area contributed by atoms with Crippen LogP contribution in [0.4, 0.5) is 0 Å². The lowest BCUT2D eigenvalue weighted by atomic mass is 10.2. The number of esters is 1. The van der Waals surface area contributed by atoms with E-state index < -0.39 is 18.3 Å². The van der Waals surface area contributed by atoms with Gasteiger partial charge in [0.2, 0.25) is 0 Å². The lowest BCUT2D eigenvalue weighted by Gasteiger charge is -2.09. The van der Waals surface area contributed by atoms with Gasteiger partial charge < -0.3 is 14.8 Å². The van der Waals surface area contributed by atoms with E-state index in [0.29, 0.717) is 11.0 Å². The molecule has 0 bridgehead atoms. The zero-order valence-electron chi connectivity index (χ0n) is 13.5. The van der Waals surface area contributed by atoms with Gasteiger partial charge in [-0.2, -0.15) is 5.26 Å². The van der Waals surface area contributed by atoms with Gasteiger partial charge in [-0.05, 0) is 24.3 Å². The number of hydrogen-bond acceptors (Lipinski definition) is 5. The predicted molar refractivity (Wildman–Crippen MR) is 103 cm³/mol. The molecule has 27 heavy (non-hydrogen) atoms. The van der Waals surface area contributed by atoms with Crippen LogP contribution in [0.15, 0.2) is 42.2 Å². The molecule has 0 atom stereocenters. The molecule has 0 radical (unpaired) electrons. The number of nitriles is 1. The third-order valence-corrected chi connectivity index (χ3v) is 4.73. The molecule has 0 saturated carbocycles. The summed E-state index contributed by atoms with van der Waals surface area (Å²) in [5.41, 5.74) is 1.05. The highest BCUT2D eigenvalue weighted by Gasteiger charge is 2.20. The largest absolute Gasteiger partial charge is 0.507 e. The van der Waals surface area contributed by atoms with E-state index in [-0.39, 0.29) is 32.0 Å². The van der Waals surface area contributed by atoms with Gasteiger partial charge in [0.15, 0.2) is 11.6 Å². The minimum atomic E-state index is -0.888. The summed E-state index contributed by atoms with van der Waals surface area (Å²) >= 11 is 17.8. The molecular weight excluding hydrogens is 413 g/mol. The van der Waals surface area contributed by atoms with E-state index in [1.807, 2.05) is 6.07 Å². The maximum Gasteiger partial charge on any atom is 0.341 e. The average molecular weight is 423 g/mol. The SMILES string of the molecule is N#CC(=C(O)COC(=O)c1c(Cl)ccc(Cl)c1Cl)c1nc2ccccc2[nH]1. The maximum absolute atomic E-state index is 12.2. The van der Waals surface area contributed by atoms with Crippen LogP contribution in [0, 0.1) is 11.3 Å². The summed E-state index contributed by atoms with van der Waals surface area (Å²) < 4.78 is 5.02. The van der Waals surface area contributed by atoms with Gasteiger partial charge in [0.1, 0.15) is 18.2 Å². The number of nitrogens with one attached hydrogen (secondary N) is 1. The first-order valence-electron chi connectivity index (χ1n) is 7.50. The number of aliphatic hydroxyl groups excluding tert-OH is 1. The first-order chi connectivity index (χ1) is 12.9. The van der Waals surface area contributed by atoms with Crippen molar-refractivity contribution < 1.29 is 14.6 Å². The van der Waals surface area contributed by atoms with E-state index in [1.54, 1.807) is 24.3 Å². The van der Waals surface area contributed by atoms with Crippen LogP contribution in [0.3, 0.4) is 0 Å². The van der Waals surface area contributed by atoms with Crippen molar-refractivity contribution in [2.24, 2.45) is 0 Å². The van der Waals surface area contributed by atoms with E-state index in [0.717, 1.165) is 0 Å². The van der Waals surface area contributed by atoms with Crippen molar-refractivity contribution in [3.63, 3.8) is 0 Å². The summed E-state index contributed by atoms with van der Waals surface area (Å²) in [7, 11) is 0. The first kappa shape index (κ1) is 19.1. The van der Waals surface area contributed by atoms with Crippen molar-refractivity contribution in [2.75, 3.05) is 6.61 Å². The summed E-state index contributed by atoms with van der Waals surface area (Å²) in [6, 6.07) is 11.8. The molecule has 2 aromatic carbocycles. The number of nitrogens with zero attached hydrogens (tertiary/aromatic N) is 2. The number of imidazole rings is 1. The van der Waals surface area contributed by atoms with Crippen LogP contribution in [-0.2, 0) is 4.74 Å². The van der Waals surface area contributed by atoms with Gasteiger partial charge in [0.05, 0.1) is 31.7 Å². The fourth-order valence-electron chi connectivity index (χ4n) is 2.32. The molecule has 0 spiro atoms. The number of fused-ring (bicyclic) bond motifs is 1. The van der Waals surface area contributed by atoms with Crippen molar-refractivity contribution in [3.05, 3.63) is 68.6 Å². The molecule has 6 nitrogen and oxygen atoms in total. The molecule has 0 aliphatic carbocycles. The number of hydrogen-bond donors (Lipinski definition) is 2. The number of aromatic amines is 1. The molecule has 0 unspecified atom stereocenters. The molecule has 1 aromatic heterocycles. The van der Waals surface area contributed by atoms with Crippen LogP contribution in [0.25, 0.3) is 16.6 Å². The van der Waals surface area contributed by atoms with E-state index >= 15 is 0 Å². The Morgan fingerprint density at radius 3 is 2.59 bits per heavy atom. The van der Waals surface area contributed by atoms with Crippen LogP contribution < -0.4 is 0 Å². The first-order valence-corrected chi connectivity index (χ1v) is 8.63. The Labute approximate surface area is 168 Å². The summed E-state index contributed by atoms with van der Waals surface area (Å²) in [5, 5.41) is 19.7. The van der Waals surface area contributed by atoms with Crippen molar-refractivity contribution in [2.45, 2.75) is 0 Å². The van der Waals surface area contributed by atoms with Crippen molar-refractivity contribution in [1.29, 1.82) is 5.26 Å². The predicted octanol–water partition coefficient (Wildman–Crippen LogP) is 5.17.